The molecule has 1 aliphatic rings. The summed E-state index contributed by atoms with van der Waals surface area (Å²) in [7, 11) is 3.63. The fraction of sp³-hybridized carbons (Fsp3) is 0.667. The summed E-state index contributed by atoms with van der Waals surface area (Å²) in [5.74, 6) is 1.50. The summed E-state index contributed by atoms with van der Waals surface area (Å²) < 4.78 is 7.00. The van der Waals surface area contributed by atoms with Crippen molar-refractivity contribution in [2.75, 3.05) is 31.7 Å². The van der Waals surface area contributed by atoms with Crippen molar-refractivity contribution in [2.24, 2.45) is 13.0 Å². The molecule has 0 spiro atoms. The van der Waals surface area contributed by atoms with E-state index in [1.165, 1.54) is 0 Å². The molecule has 1 unspecified atom stereocenters. The van der Waals surface area contributed by atoms with Crippen LogP contribution < -0.4 is 4.90 Å². The van der Waals surface area contributed by atoms with Gasteiger partial charge in [0.15, 0.2) is 0 Å². The molecule has 1 aromatic heterocycles. The van der Waals surface area contributed by atoms with Crippen molar-refractivity contribution >= 4 is 5.82 Å². The van der Waals surface area contributed by atoms with Crippen LogP contribution in [0.2, 0.25) is 0 Å². The molecule has 0 bridgehead atoms. The Hall–Kier alpha value is -1.54. The maximum atomic E-state index is 9.19. The largest absolute Gasteiger partial charge is 0.384 e. The number of aromatic nitrogens is 2. The molecule has 0 amide bonds. The first-order valence-corrected chi connectivity index (χ1v) is 5.85. The van der Waals surface area contributed by atoms with Gasteiger partial charge in [0, 0.05) is 33.2 Å². The average molecular weight is 234 g/mol. The van der Waals surface area contributed by atoms with Crippen LogP contribution in [0, 0.1) is 24.2 Å². The second-order valence-corrected chi connectivity index (χ2v) is 4.58. The van der Waals surface area contributed by atoms with E-state index in [0.717, 1.165) is 37.6 Å². The Bertz CT molecular complexity index is 446. The Morgan fingerprint density at radius 3 is 3.00 bits per heavy atom. The summed E-state index contributed by atoms with van der Waals surface area (Å²) in [6, 6.07) is 2.25. The number of hydrogen-bond acceptors (Lipinski definition) is 4. The third-order valence-corrected chi connectivity index (χ3v) is 3.29. The van der Waals surface area contributed by atoms with Gasteiger partial charge in [0.2, 0.25) is 0 Å². The number of methoxy groups -OCH3 is 1. The lowest BCUT2D eigenvalue weighted by Crippen LogP contribution is -2.24. The highest BCUT2D eigenvalue weighted by Crippen LogP contribution is 2.28. The molecule has 0 N–H and O–H groups in total. The molecule has 1 saturated heterocycles. The Kier molecular flexibility index (Phi) is 3.34. The lowest BCUT2D eigenvalue weighted by atomic mass is 10.1. The summed E-state index contributed by atoms with van der Waals surface area (Å²) in [4.78, 5) is 2.24. The molecule has 1 aliphatic heterocycles. The third-order valence-electron chi connectivity index (χ3n) is 3.29. The highest BCUT2D eigenvalue weighted by Gasteiger charge is 2.27. The molecule has 5 nitrogen and oxygen atoms in total. The van der Waals surface area contributed by atoms with E-state index in [9.17, 15) is 5.26 Å². The summed E-state index contributed by atoms with van der Waals surface area (Å²) >= 11 is 0. The number of hydrogen-bond donors (Lipinski definition) is 0. The molecule has 0 aliphatic carbocycles. The van der Waals surface area contributed by atoms with Gasteiger partial charge in [-0.25, -0.2) is 0 Å². The minimum absolute atomic E-state index is 0.557. The minimum Gasteiger partial charge on any atom is -0.384 e. The lowest BCUT2D eigenvalue weighted by molar-refractivity contribution is 0.161. The normalized spacial score (nSPS) is 19.6. The monoisotopic (exact) mass is 234 g/mol. The van der Waals surface area contributed by atoms with E-state index in [1.54, 1.807) is 7.11 Å². The standard InChI is InChI=1S/C12H18N4O/c1-9-11(6-13)12(15(2)14-9)16-5-4-10(7-16)8-17-3/h10H,4-5,7-8H2,1-3H3. The molecule has 1 atom stereocenters. The van der Waals surface area contributed by atoms with E-state index < -0.39 is 0 Å². The first-order chi connectivity index (χ1) is 8.17. The number of anilines is 1. The fourth-order valence-electron chi connectivity index (χ4n) is 2.54. The van der Waals surface area contributed by atoms with Crippen molar-refractivity contribution in [3.05, 3.63) is 11.3 Å². The van der Waals surface area contributed by atoms with E-state index in [1.807, 2.05) is 18.7 Å². The van der Waals surface area contributed by atoms with Gasteiger partial charge in [-0.15, -0.1) is 0 Å². The zero-order chi connectivity index (χ0) is 12.4. The second kappa shape index (κ2) is 4.76. The Morgan fingerprint density at radius 1 is 1.59 bits per heavy atom. The van der Waals surface area contributed by atoms with E-state index >= 15 is 0 Å². The van der Waals surface area contributed by atoms with Crippen molar-refractivity contribution in [1.82, 2.24) is 9.78 Å². The highest BCUT2D eigenvalue weighted by molar-refractivity contribution is 5.57. The van der Waals surface area contributed by atoms with Crippen molar-refractivity contribution in [1.29, 1.82) is 5.26 Å². The Balaban J connectivity index is 2.22. The van der Waals surface area contributed by atoms with E-state index in [4.69, 9.17) is 4.74 Å². The van der Waals surface area contributed by atoms with Crippen molar-refractivity contribution < 1.29 is 4.74 Å². The smallest absolute Gasteiger partial charge is 0.144 e. The number of nitriles is 1. The van der Waals surface area contributed by atoms with Crippen LogP contribution in [0.5, 0.6) is 0 Å². The topological polar surface area (TPSA) is 54.1 Å². The van der Waals surface area contributed by atoms with Gasteiger partial charge in [0.1, 0.15) is 17.5 Å². The van der Waals surface area contributed by atoms with Crippen molar-refractivity contribution in [3.8, 4) is 6.07 Å². The van der Waals surface area contributed by atoms with Crippen LogP contribution in [0.4, 0.5) is 5.82 Å². The van der Waals surface area contributed by atoms with Gasteiger partial charge in [0.25, 0.3) is 0 Å². The fourth-order valence-corrected chi connectivity index (χ4v) is 2.54. The second-order valence-electron chi connectivity index (χ2n) is 4.58. The van der Waals surface area contributed by atoms with Gasteiger partial charge < -0.3 is 9.64 Å². The molecular weight excluding hydrogens is 216 g/mol. The molecule has 92 valence electrons. The molecule has 2 rings (SSSR count). The average Bonchev–Trinajstić information content (AvgIpc) is 2.83. The molecule has 1 aromatic rings. The van der Waals surface area contributed by atoms with Gasteiger partial charge in [-0.1, -0.05) is 0 Å². The van der Waals surface area contributed by atoms with Crippen LogP contribution >= 0.6 is 0 Å². The van der Waals surface area contributed by atoms with Crippen molar-refractivity contribution in [2.45, 2.75) is 13.3 Å². The zero-order valence-corrected chi connectivity index (χ0v) is 10.6. The molecular formula is C12H18N4O. The number of aryl methyl sites for hydroxylation is 2. The quantitative estimate of drug-likeness (QED) is 0.785. The molecule has 0 aromatic carbocycles. The van der Waals surface area contributed by atoms with E-state index in [-0.39, 0.29) is 0 Å². The van der Waals surface area contributed by atoms with Crippen LogP contribution in [-0.4, -0.2) is 36.6 Å². The van der Waals surface area contributed by atoms with Gasteiger partial charge in [-0.05, 0) is 13.3 Å². The molecule has 1 fully saturated rings. The third kappa shape index (κ3) is 2.13. The molecule has 5 heteroatoms. The molecule has 17 heavy (non-hydrogen) atoms. The SMILES string of the molecule is COCC1CCN(c2c(C#N)c(C)nn2C)C1. The van der Waals surface area contributed by atoms with E-state index in [0.29, 0.717) is 11.5 Å². The van der Waals surface area contributed by atoms with Gasteiger partial charge >= 0.3 is 0 Å². The van der Waals surface area contributed by atoms with Gasteiger partial charge in [-0.3, -0.25) is 4.68 Å². The Labute approximate surface area is 102 Å². The molecule has 0 saturated carbocycles. The van der Waals surface area contributed by atoms with E-state index in [2.05, 4.69) is 16.1 Å². The maximum absolute atomic E-state index is 9.19. The first-order valence-electron chi connectivity index (χ1n) is 5.85. The number of rotatable bonds is 3. The predicted molar refractivity (Wildman–Crippen MR) is 64.9 cm³/mol. The maximum Gasteiger partial charge on any atom is 0.144 e. The molecule has 0 radical (unpaired) electrons. The van der Waals surface area contributed by atoms with Crippen LogP contribution in [0.1, 0.15) is 17.7 Å². The lowest BCUT2D eigenvalue weighted by Gasteiger charge is -2.18. The first kappa shape index (κ1) is 11.9. The summed E-state index contributed by atoms with van der Waals surface area (Å²) in [5, 5.41) is 13.5. The Morgan fingerprint density at radius 2 is 2.35 bits per heavy atom. The predicted octanol–water partition coefficient (Wildman–Crippen LogP) is 1.07. The van der Waals surface area contributed by atoms with Crippen LogP contribution in [0.15, 0.2) is 0 Å². The summed E-state index contributed by atoms with van der Waals surface area (Å²) in [5.41, 5.74) is 1.51. The van der Waals surface area contributed by atoms with Gasteiger partial charge in [0.05, 0.1) is 12.3 Å². The number of nitrogens with zero attached hydrogens (tertiary/aromatic N) is 4. The zero-order valence-electron chi connectivity index (χ0n) is 10.6. The number of ether oxygens (including phenoxy) is 1. The highest BCUT2D eigenvalue weighted by atomic mass is 16.5. The molecule has 2 heterocycles. The summed E-state index contributed by atoms with van der Waals surface area (Å²) in [6.45, 7) is 4.59. The van der Waals surface area contributed by atoms with Crippen LogP contribution in [0.25, 0.3) is 0 Å². The van der Waals surface area contributed by atoms with Gasteiger partial charge in [-0.2, -0.15) is 10.4 Å². The van der Waals surface area contributed by atoms with Crippen molar-refractivity contribution in [3.63, 3.8) is 0 Å². The van der Waals surface area contributed by atoms with Crippen LogP contribution in [-0.2, 0) is 11.8 Å². The summed E-state index contributed by atoms with van der Waals surface area (Å²) in [6.07, 6.45) is 1.11. The minimum atomic E-state index is 0.557. The van der Waals surface area contributed by atoms with Crippen LogP contribution in [0.3, 0.4) is 0 Å².